The minimum atomic E-state index is -0.736. The molecule has 2 aromatic rings. The Morgan fingerprint density at radius 2 is 2.00 bits per heavy atom. The van der Waals surface area contributed by atoms with Crippen LogP contribution in [-0.4, -0.2) is 22.7 Å². The molecule has 106 valence electrons. The quantitative estimate of drug-likeness (QED) is 0.791. The number of carbonyl (C=O) groups is 1. The second-order valence-corrected chi connectivity index (χ2v) is 4.18. The van der Waals surface area contributed by atoms with E-state index in [2.05, 4.69) is 5.10 Å². The van der Waals surface area contributed by atoms with Gasteiger partial charge in [-0.2, -0.15) is 5.10 Å². The topological polar surface area (TPSA) is 44.1 Å². The smallest absolute Gasteiger partial charge is 0.189 e. The molecule has 0 spiro atoms. The number of hydrogen-bond acceptors (Lipinski definition) is 3. The fourth-order valence-corrected chi connectivity index (χ4v) is 1.98. The molecule has 0 aliphatic carbocycles. The van der Waals surface area contributed by atoms with E-state index in [1.807, 2.05) is 6.92 Å². The Labute approximate surface area is 115 Å². The number of nitrogens with zero attached hydrogens (tertiary/aromatic N) is 2. The summed E-state index contributed by atoms with van der Waals surface area (Å²) in [6, 6.07) is 3.51. The van der Waals surface area contributed by atoms with Gasteiger partial charge in [0.15, 0.2) is 11.5 Å². The van der Waals surface area contributed by atoms with Crippen LogP contribution in [0, 0.1) is 11.6 Å². The van der Waals surface area contributed by atoms with Gasteiger partial charge < -0.3 is 4.74 Å². The van der Waals surface area contributed by atoms with Crippen molar-refractivity contribution < 1.29 is 18.3 Å². The van der Waals surface area contributed by atoms with Gasteiger partial charge in [0.2, 0.25) is 0 Å². The van der Waals surface area contributed by atoms with Crippen LogP contribution in [0.1, 0.15) is 23.0 Å². The lowest BCUT2D eigenvalue weighted by molar-refractivity contribution is 0.0977. The average Bonchev–Trinajstić information content (AvgIpc) is 2.85. The van der Waals surface area contributed by atoms with E-state index < -0.39 is 17.4 Å². The third-order valence-electron chi connectivity index (χ3n) is 2.99. The predicted molar refractivity (Wildman–Crippen MR) is 68.8 cm³/mol. The van der Waals surface area contributed by atoms with E-state index in [0.29, 0.717) is 12.3 Å². The van der Waals surface area contributed by atoms with E-state index in [-0.39, 0.29) is 17.7 Å². The SMILES string of the molecule is CCn1ncc(OC)c1C(=O)Cc1c(F)cccc1F. The Balaban J connectivity index is 2.35. The summed E-state index contributed by atoms with van der Waals surface area (Å²) in [4.78, 5) is 12.3. The van der Waals surface area contributed by atoms with E-state index >= 15 is 0 Å². The number of benzene rings is 1. The summed E-state index contributed by atoms with van der Waals surface area (Å²) in [7, 11) is 1.41. The molecule has 0 amide bonds. The average molecular weight is 280 g/mol. The van der Waals surface area contributed by atoms with Crippen LogP contribution in [0.5, 0.6) is 5.75 Å². The second kappa shape index (κ2) is 5.81. The van der Waals surface area contributed by atoms with Crippen molar-refractivity contribution in [3.05, 3.63) is 47.3 Å². The van der Waals surface area contributed by atoms with Gasteiger partial charge in [0.1, 0.15) is 17.3 Å². The highest BCUT2D eigenvalue weighted by atomic mass is 19.1. The number of rotatable bonds is 5. The van der Waals surface area contributed by atoms with Crippen LogP contribution < -0.4 is 4.74 Å². The number of Topliss-reactive ketones (excluding diaryl/α,β-unsaturated/α-hetero) is 1. The number of hydrogen-bond donors (Lipinski definition) is 0. The van der Waals surface area contributed by atoms with Crippen LogP contribution in [0.3, 0.4) is 0 Å². The van der Waals surface area contributed by atoms with Gasteiger partial charge in [-0.3, -0.25) is 9.48 Å². The van der Waals surface area contributed by atoms with Crippen LogP contribution in [-0.2, 0) is 13.0 Å². The van der Waals surface area contributed by atoms with Crippen molar-refractivity contribution in [3.8, 4) is 5.75 Å². The molecule has 0 bridgehead atoms. The first-order valence-electron chi connectivity index (χ1n) is 6.14. The summed E-state index contributed by atoms with van der Waals surface area (Å²) in [6.07, 6.45) is 1.04. The first-order valence-corrected chi connectivity index (χ1v) is 6.14. The molecule has 20 heavy (non-hydrogen) atoms. The lowest BCUT2D eigenvalue weighted by Gasteiger charge is -2.07. The largest absolute Gasteiger partial charge is 0.493 e. The van der Waals surface area contributed by atoms with Crippen LogP contribution in [0.2, 0.25) is 0 Å². The highest BCUT2D eigenvalue weighted by molar-refractivity contribution is 5.98. The number of methoxy groups -OCH3 is 1. The number of aryl methyl sites for hydroxylation is 1. The molecule has 1 aromatic heterocycles. The van der Waals surface area contributed by atoms with E-state index in [9.17, 15) is 13.6 Å². The Bertz CT molecular complexity index is 596. The standard InChI is InChI=1S/C14H14F2N2O2/c1-3-18-14(13(20-2)8-17-18)12(19)7-9-10(15)5-4-6-11(9)16/h4-6,8H,3,7H2,1-2H3. The van der Waals surface area contributed by atoms with Gasteiger partial charge in [-0.1, -0.05) is 6.07 Å². The molecule has 0 saturated heterocycles. The van der Waals surface area contributed by atoms with Crippen LogP contribution in [0.4, 0.5) is 8.78 Å². The zero-order valence-electron chi connectivity index (χ0n) is 11.2. The summed E-state index contributed by atoms with van der Waals surface area (Å²) >= 11 is 0. The predicted octanol–water partition coefficient (Wildman–Crippen LogP) is 2.62. The van der Waals surface area contributed by atoms with Crippen LogP contribution in [0.25, 0.3) is 0 Å². The molecule has 0 aliphatic rings. The Morgan fingerprint density at radius 3 is 2.55 bits per heavy atom. The van der Waals surface area contributed by atoms with Gasteiger partial charge in [-0.15, -0.1) is 0 Å². The first kappa shape index (κ1) is 14.2. The number of ketones is 1. The second-order valence-electron chi connectivity index (χ2n) is 4.18. The maximum absolute atomic E-state index is 13.6. The van der Waals surface area contributed by atoms with Crippen molar-refractivity contribution >= 4 is 5.78 Å². The Kier molecular flexibility index (Phi) is 4.12. The van der Waals surface area contributed by atoms with Crippen molar-refractivity contribution in [1.29, 1.82) is 0 Å². The van der Waals surface area contributed by atoms with Gasteiger partial charge in [-0.05, 0) is 19.1 Å². The van der Waals surface area contributed by atoms with Gasteiger partial charge in [-0.25, -0.2) is 8.78 Å². The summed E-state index contributed by atoms with van der Waals surface area (Å²) < 4.78 is 33.6. The molecule has 1 heterocycles. The van der Waals surface area contributed by atoms with Crippen LogP contribution in [0.15, 0.2) is 24.4 Å². The number of ether oxygens (including phenoxy) is 1. The van der Waals surface area contributed by atoms with Gasteiger partial charge in [0, 0.05) is 18.5 Å². The third kappa shape index (κ3) is 2.54. The van der Waals surface area contributed by atoms with Gasteiger partial charge in [0.25, 0.3) is 0 Å². The summed E-state index contributed by atoms with van der Waals surface area (Å²) in [5.74, 6) is -1.61. The number of halogens is 2. The number of aromatic nitrogens is 2. The number of carbonyl (C=O) groups excluding carboxylic acids is 1. The van der Waals surface area contributed by atoms with E-state index in [1.54, 1.807) is 0 Å². The van der Waals surface area contributed by atoms with Crippen molar-refractivity contribution in [1.82, 2.24) is 9.78 Å². The molecule has 0 N–H and O–H groups in total. The molecular weight excluding hydrogens is 266 g/mol. The molecule has 2 rings (SSSR count). The van der Waals surface area contributed by atoms with Crippen molar-refractivity contribution in [2.24, 2.45) is 0 Å². The fraction of sp³-hybridized carbons (Fsp3) is 0.286. The summed E-state index contributed by atoms with van der Waals surface area (Å²) in [5, 5.41) is 4.00. The highest BCUT2D eigenvalue weighted by Gasteiger charge is 2.21. The van der Waals surface area contributed by atoms with Crippen molar-refractivity contribution in [2.75, 3.05) is 7.11 Å². The Hall–Kier alpha value is -2.24. The molecule has 6 heteroatoms. The monoisotopic (exact) mass is 280 g/mol. The highest BCUT2D eigenvalue weighted by Crippen LogP contribution is 2.21. The molecular formula is C14H14F2N2O2. The normalized spacial score (nSPS) is 10.6. The zero-order chi connectivity index (χ0) is 14.7. The molecule has 4 nitrogen and oxygen atoms in total. The molecule has 0 unspecified atom stereocenters. The van der Waals surface area contributed by atoms with Crippen LogP contribution >= 0.6 is 0 Å². The van der Waals surface area contributed by atoms with E-state index in [0.717, 1.165) is 12.1 Å². The molecule has 0 aliphatic heterocycles. The lowest BCUT2D eigenvalue weighted by atomic mass is 10.1. The Morgan fingerprint density at radius 1 is 1.35 bits per heavy atom. The van der Waals surface area contributed by atoms with E-state index in [1.165, 1.54) is 24.1 Å². The minimum absolute atomic E-state index is 0.220. The molecule has 1 aromatic carbocycles. The molecule has 0 saturated carbocycles. The maximum atomic E-state index is 13.6. The molecule has 0 fully saturated rings. The third-order valence-corrected chi connectivity index (χ3v) is 2.99. The van der Waals surface area contributed by atoms with Crippen molar-refractivity contribution in [2.45, 2.75) is 19.9 Å². The minimum Gasteiger partial charge on any atom is -0.493 e. The van der Waals surface area contributed by atoms with E-state index in [4.69, 9.17) is 4.74 Å². The molecule has 0 radical (unpaired) electrons. The first-order chi connectivity index (χ1) is 9.58. The fourth-order valence-electron chi connectivity index (χ4n) is 1.98. The summed E-state index contributed by atoms with van der Waals surface area (Å²) in [5.41, 5.74) is -0.0268. The maximum Gasteiger partial charge on any atom is 0.189 e. The molecule has 0 atom stereocenters. The van der Waals surface area contributed by atoms with Gasteiger partial charge in [0.05, 0.1) is 13.3 Å². The summed E-state index contributed by atoms with van der Waals surface area (Å²) in [6.45, 7) is 2.27. The van der Waals surface area contributed by atoms with Crippen molar-refractivity contribution in [3.63, 3.8) is 0 Å². The lowest BCUT2D eigenvalue weighted by Crippen LogP contribution is -2.14. The van der Waals surface area contributed by atoms with Gasteiger partial charge >= 0.3 is 0 Å². The zero-order valence-corrected chi connectivity index (χ0v) is 11.2.